The number of ether oxygens (including phenoxy) is 1. The molecule has 0 radical (unpaired) electrons. The number of nitriles is 1. The first-order valence-electron chi connectivity index (χ1n) is 4.42. The third kappa shape index (κ3) is 1.86. The third-order valence-electron chi connectivity index (χ3n) is 2.19. The first-order chi connectivity index (χ1) is 6.74. The Morgan fingerprint density at radius 2 is 2.29 bits per heavy atom. The predicted octanol–water partition coefficient (Wildman–Crippen LogP) is 1.66. The number of hydrogen-bond acceptors (Lipinski definition) is 3. The number of rotatable bonds is 3. The lowest BCUT2D eigenvalue weighted by molar-refractivity contribution is 0.272. The molecule has 1 aromatic rings. The fourth-order valence-electron chi connectivity index (χ4n) is 1.35. The molecule has 1 N–H and O–H groups in total. The number of nitrogens with zero attached hydrogens (tertiary/aromatic N) is 1. The van der Waals surface area contributed by atoms with Crippen LogP contribution >= 0.6 is 0 Å². The molecule has 1 rings (SSSR count). The summed E-state index contributed by atoms with van der Waals surface area (Å²) in [5, 5.41) is 18.0. The van der Waals surface area contributed by atoms with Crippen LogP contribution in [-0.2, 0) is 0 Å². The molecule has 0 aliphatic rings. The van der Waals surface area contributed by atoms with Crippen molar-refractivity contribution in [2.75, 3.05) is 13.7 Å². The molecule has 0 amide bonds. The maximum atomic E-state index is 9.02. The molecule has 3 nitrogen and oxygen atoms in total. The highest BCUT2D eigenvalue weighted by molar-refractivity contribution is 5.50. The molecule has 0 aliphatic carbocycles. The highest BCUT2D eigenvalue weighted by atomic mass is 16.5. The van der Waals surface area contributed by atoms with Gasteiger partial charge in [-0.1, -0.05) is 19.1 Å². The Morgan fingerprint density at radius 1 is 1.57 bits per heavy atom. The molecule has 3 heteroatoms. The molecule has 0 fully saturated rings. The van der Waals surface area contributed by atoms with E-state index in [4.69, 9.17) is 15.1 Å². The molecule has 0 aliphatic heterocycles. The molecule has 1 atom stereocenters. The standard InChI is InChI=1S/C11H13NO2/c1-8(7-13)9-4-3-5-11(14-2)10(9)6-12/h3-5,8,13H,7H2,1-2H3. The van der Waals surface area contributed by atoms with Crippen LogP contribution in [0.2, 0.25) is 0 Å². The normalized spacial score (nSPS) is 11.9. The minimum absolute atomic E-state index is 0.0296. The van der Waals surface area contributed by atoms with Crippen molar-refractivity contribution < 1.29 is 9.84 Å². The Labute approximate surface area is 83.6 Å². The van der Waals surface area contributed by atoms with Crippen molar-refractivity contribution in [3.8, 4) is 11.8 Å². The van der Waals surface area contributed by atoms with Gasteiger partial charge in [-0.15, -0.1) is 0 Å². The average Bonchev–Trinajstić information content (AvgIpc) is 2.26. The van der Waals surface area contributed by atoms with Crippen molar-refractivity contribution in [2.45, 2.75) is 12.8 Å². The molecule has 1 unspecified atom stereocenters. The SMILES string of the molecule is COc1cccc(C(C)CO)c1C#N. The summed E-state index contributed by atoms with van der Waals surface area (Å²) in [6.07, 6.45) is 0. The quantitative estimate of drug-likeness (QED) is 0.790. The highest BCUT2D eigenvalue weighted by Gasteiger charge is 2.13. The van der Waals surface area contributed by atoms with Crippen LogP contribution < -0.4 is 4.74 Å². The van der Waals surface area contributed by atoms with E-state index in [0.717, 1.165) is 5.56 Å². The number of aliphatic hydroxyl groups excluding tert-OH is 1. The largest absolute Gasteiger partial charge is 0.495 e. The zero-order chi connectivity index (χ0) is 10.6. The summed E-state index contributed by atoms with van der Waals surface area (Å²) in [5.74, 6) is 0.519. The summed E-state index contributed by atoms with van der Waals surface area (Å²) >= 11 is 0. The van der Waals surface area contributed by atoms with Crippen molar-refractivity contribution in [3.05, 3.63) is 29.3 Å². The summed E-state index contributed by atoms with van der Waals surface area (Å²) in [6.45, 7) is 1.90. The second-order valence-electron chi connectivity index (χ2n) is 3.12. The molecule has 0 aromatic heterocycles. The summed E-state index contributed by atoms with van der Waals surface area (Å²) in [5.41, 5.74) is 1.34. The van der Waals surface area contributed by atoms with Gasteiger partial charge in [0.15, 0.2) is 0 Å². The Kier molecular flexibility index (Phi) is 3.49. The molecule has 0 saturated heterocycles. The number of methoxy groups -OCH3 is 1. The van der Waals surface area contributed by atoms with Gasteiger partial charge in [0.05, 0.1) is 12.7 Å². The lowest BCUT2D eigenvalue weighted by Crippen LogP contribution is -2.03. The van der Waals surface area contributed by atoms with E-state index >= 15 is 0 Å². The second kappa shape index (κ2) is 4.64. The van der Waals surface area contributed by atoms with Gasteiger partial charge in [-0.2, -0.15) is 5.26 Å². The van der Waals surface area contributed by atoms with Gasteiger partial charge in [0, 0.05) is 12.5 Å². The van der Waals surface area contributed by atoms with E-state index < -0.39 is 0 Å². The number of aliphatic hydroxyl groups is 1. The van der Waals surface area contributed by atoms with Crippen LogP contribution in [0.25, 0.3) is 0 Å². The average molecular weight is 191 g/mol. The highest BCUT2D eigenvalue weighted by Crippen LogP contribution is 2.26. The Hall–Kier alpha value is -1.53. The minimum atomic E-state index is -0.0419. The lowest BCUT2D eigenvalue weighted by atomic mass is 9.96. The minimum Gasteiger partial charge on any atom is -0.495 e. The van der Waals surface area contributed by atoms with E-state index in [2.05, 4.69) is 6.07 Å². The van der Waals surface area contributed by atoms with Gasteiger partial charge in [-0.25, -0.2) is 0 Å². The molecule has 1 aromatic carbocycles. The van der Waals surface area contributed by atoms with Crippen molar-refractivity contribution in [3.63, 3.8) is 0 Å². The second-order valence-corrected chi connectivity index (χ2v) is 3.12. The maximum Gasteiger partial charge on any atom is 0.136 e. The van der Waals surface area contributed by atoms with E-state index in [1.54, 1.807) is 6.07 Å². The van der Waals surface area contributed by atoms with Crippen molar-refractivity contribution in [1.82, 2.24) is 0 Å². The zero-order valence-electron chi connectivity index (χ0n) is 8.32. The first kappa shape index (κ1) is 10.6. The van der Waals surface area contributed by atoms with E-state index in [0.29, 0.717) is 11.3 Å². The summed E-state index contributed by atoms with van der Waals surface area (Å²) in [4.78, 5) is 0. The van der Waals surface area contributed by atoms with Crippen molar-refractivity contribution in [1.29, 1.82) is 5.26 Å². The fourth-order valence-corrected chi connectivity index (χ4v) is 1.35. The van der Waals surface area contributed by atoms with E-state index in [-0.39, 0.29) is 12.5 Å². The summed E-state index contributed by atoms with van der Waals surface area (Å²) in [7, 11) is 1.53. The summed E-state index contributed by atoms with van der Waals surface area (Å²) in [6, 6.07) is 7.49. The van der Waals surface area contributed by atoms with Gasteiger partial charge in [0.2, 0.25) is 0 Å². The molecule has 74 valence electrons. The monoisotopic (exact) mass is 191 g/mol. The van der Waals surface area contributed by atoms with Crippen LogP contribution in [0.15, 0.2) is 18.2 Å². The topological polar surface area (TPSA) is 53.2 Å². The number of hydrogen-bond donors (Lipinski definition) is 1. The van der Waals surface area contributed by atoms with Gasteiger partial charge in [0.25, 0.3) is 0 Å². The van der Waals surface area contributed by atoms with Gasteiger partial charge >= 0.3 is 0 Å². The van der Waals surface area contributed by atoms with Crippen molar-refractivity contribution >= 4 is 0 Å². The fraction of sp³-hybridized carbons (Fsp3) is 0.364. The van der Waals surface area contributed by atoms with Crippen LogP contribution in [0.4, 0.5) is 0 Å². The lowest BCUT2D eigenvalue weighted by Gasteiger charge is -2.12. The smallest absolute Gasteiger partial charge is 0.136 e. The molecule has 0 heterocycles. The van der Waals surface area contributed by atoms with E-state index in [9.17, 15) is 0 Å². The van der Waals surface area contributed by atoms with Crippen molar-refractivity contribution in [2.24, 2.45) is 0 Å². The van der Waals surface area contributed by atoms with Crippen LogP contribution in [0.1, 0.15) is 24.0 Å². The van der Waals surface area contributed by atoms with Crippen LogP contribution in [0, 0.1) is 11.3 Å². The van der Waals surface area contributed by atoms with E-state index in [1.807, 2.05) is 19.1 Å². The van der Waals surface area contributed by atoms with Crippen LogP contribution in [0.5, 0.6) is 5.75 Å². The molecule has 0 saturated carbocycles. The molecule has 0 bridgehead atoms. The van der Waals surface area contributed by atoms with Gasteiger partial charge in [-0.05, 0) is 11.6 Å². The molecular weight excluding hydrogens is 178 g/mol. The first-order valence-corrected chi connectivity index (χ1v) is 4.42. The molecule has 0 spiro atoms. The van der Waals surface area contributed by atoms with Gasteiger partial charge < -0.3 is 9.84 Å². The zero-order valence-corrected chi connectivity index (χ0v) is 8.32. The molecule has 14 heavy (non-hydrogen) atoms. The van der Waals surface area contributed by atoms with Gasteiger partial charge in [0.1, 0.15) is 11.8 Å². The maximum absolute atomic E-state index is 9.02. The molecular formula is C11H13NO2. The van der Waals surface area contributed by atoms with Crippen LogP contribution in [0.3, 0.4) is 0 Å². The predicted molar refractivity (Wildman–Crippen MR) is 53.2 cm³/mol. The van der Waals surface area contributed by atoms with Gasteiger partial charge in [-0.3, -0.25) is 0 Å². The van der Waals surface area contributed by atoms with Crippen LogP contribution in [-0.4, -0.2) is 18.8 Å². The Balaban J connectivity index is 3.23. The Morgan fingerprint density at radius 3 is 2.79 bits per heavy atom. The third-order valence-corrected chi connectivity index (χ3v) is 2.19. The number of benzene rings is 1. The summed E-state index contributed by atoms with van der Waals surface area (Å²) < 4.78 is 5.07. The van der Waals surface area contributed by atoms with E-state index in [1.165, 1.54) is 7.11 Å². The Bertz CT molecular complexity index is 355.